The van der Waals surface area contributed by atoms with Crippen LogP contribution in [0.3, 0.4) is 0 Å². The normalized spacial score (nSPS) is 16.9. The van der Waals surface area contributed by atoms with Gasteiger partial charge in [-0.2, -0.15) is 4.98 Å². The standard InChI is InChI=1S/C20H15ClF3N3O3/c1-11-3-2-4-15(21)17(11)27-10-13(9-16(27)28)19-25-18(26-30-19)12-5-7-14(8-6-12)29-20(22,23)24/h2-8,13H,9-10H2,1H3. The number of amides is 1. The summed E-state index contributed by atoms with van der Waals surface area (Å²) < 4.78 is 46.0. The summed E-state index contributed by atoms with van der Waals surface area (Å²) in [4.78, 5) is 18.5. The van der Waals surface area contributed by atoms with Crippen molar-refractivity contribution in [3.8, 4) is 17.1 Å². The van der Waals surface area contributed by atoms with Crippen molar-refractivity contribution in [3.05, 3.63) is 58.9 Å². The fourth-order valence-electron chi connectivity index (χ4n) is 3.38. The molecule has 0 aliphatic carbocycles. The van der Waals surface area contributed by atoms with E-state index < -0.39 is 6.36 Å². The van der Waals surface area contributed by atoms with E-state index >= 15 is 0 Å². The first-order valence-corrected chi connectivity index (χ1v) is 9.34. The van der Waals surface area contributed by atoms with Crippen LogP contribution in [0.4, 0.5) is 18.9 Å². The number of alkyl halides is 3. The fraction of sp³-hybridized carbons (Fsp3) is 0.250. The molecule has 1 aliphatic rings. The third kappa shape index (κ3) is 4.11. The van der Waals surface area contributed by atoms with Crippen LogP contribution in [0.25, 0.3) is 11.4 Å². The van der Waals surface area contributed by atoms with E-state index in [0.717, 1.165) is 5.56 Å². The first kappa shape index (κ1) is 20.2. The smallest absolute Gasteiger partial charge is 0.406 e. The van der Waals surface area contributed by atoms with E-state index in [-0.39, 0.29) is 35.7 Å². The third-order valence-corrected chi connectivity index (χ3v) is 5.03. The Kier molecular flexibility index (Phi) is 5.15. The predicted octanol–water partition coefficient (Wildman–Crippen LogP) is 5.12. The average molecular weight is 438 g/mol. The summed E-state index contributed by atoms with van der Waals surface area (Å²) in [5.74, 6) is -0.279. The van der Waals surface area contributed by atoms with Crippen LogP contribution in [0, 0.1) is 6.92 Å². The lowest BCUT2D eigenvalue weighted by Gasteiger charge is -2.20. The van der Waals surface area contributed by atoms with E-state index in [1.165, 1.54) is 24.3 Å². The molecule has 0 N–H and O–H groups in total. The highest BCUT2D eigenvalue weighted by atomic mass is 35.5. The van der Waals surface area contributed by atoms with Gasteiger partial charge in [0.1, 0.15) is 5.75 Å². The molecule has 1 unspecified atom stereocenters. The van der Waals surface area contributed by atoms with Gasteiger partial charge in [-0.25, -0.2) is 0 Å². The topological polar surface area (TPSA) is 68.5 Å². The zero-order valence-corrected chi connectivity index (χ0v) is 16.4. The Labute approximate surface area is 174 Å². The minimum atomic E-state index is -4.76. The van der Waals surface area contributed by atoms with Gasteiger partial charge in [-0.3, -0.25) is 4.79 Å². The number of anilines is 1. The minimum absolute atomic E-state index is 0.107. The second-order valence-electron chi connectivity index (χ2n) is 6.84. The largest absolute Gasteiger partial charge is 0.573 e. The van der Waals surface area contributed by atoms with Gasteiger partial charge in [-0.15, -0.1) is 13.2 Å². The van der Waals surface area contributed by atoms with Crippen LogP contribution in [-0.4, -0.2) is 29.0 Å². The Balaban J connectivity index is 1.51. The maximum atomic E-state index is 12.6. The Morgan fingerprint density at radius 1 is 1.20 bits per heavy atom. The molecule has 156 valence electrons. The van der Waals surface area contributed by atoms with E-state index in [1.807, 2.05) is 19.1 Å². The van der Waals surface area contributed by atoms with E-state index in [4.69, 9.17) is 16.1 Å². The third-order valence-electron chi connectivity index (χ3n) is 4.72. The Morgan fingerprint density at radius 2 is 1.93 bits per heavy atom. The molecule has 3 aromatic rings. The molecule has 1 amide bonds. The van der Waals surface area contributed by atoms with Gasteiger partial charge in [0.2, 0.25) is 17.6 Å². The maximum absolute atomic E-state index is 12.6. The number of ether oxygens (including phenoxy) is 1. The van der Waals surface area contributed by atoms with Crippen LogP contribution in [-0.2, 0) is 4.79 Å². The summed E-state index contributed by atoms with van der Waals surface area (Å²) in [6.07, 6.45) is -4.58. The molecule has 2 heterocycles. The molecule has 2 aromatic carbocycles. The number of aromatic nitrogens is 2. The number of hydrogen-bond acceptors (Lipinski definition) is 5. The fourth-order valence-corrected chi connectivity index (χ4v) is 3.70. The summed E-state index contributed by atoms with van der Waals surface area (Å²) in [6.45, 7) is 2.21. The summed E-state index contributed by atoms with van der Waals surface area (Å²) >= 11 is 6.28. The SMILES string of the molecule is Cc1cccc(Cl)c1N1CC(c2nc(-c3ccc(OC(F)(F)F)cc3)no2)CC1=O. The number of para-hydroxylation sites is 1. The summed E-state index contributed by atoms with van der Waals surface area (Å²) in [5.41, 5.74) is 2.00. The highest BCUT2D eigenvalue weighted by Gasteiger charge is 2.36. The second-order valence-corrected chi connectivity index (χ2v) is 7.25. The Hall–Kier alpha value is -3.07. The molecule has 1 saturated heterocycles. The van der Waals surface area contributed by atoms with Crippen molar-refractivity contribution >= 4 is 23.2 Å². The van der Waals surface area contributed by atoms with Gasteiger partial charge in [0.15, 0.2) is 0 Å². The van der Waals surface area contributed by atoms with Gasteiger partial charge in [-0.1, -0.05) is 28.9 Å². The number of nitrogens with zero attached hydrogens (tertiary/aromatic N) is 3. The lowest BCUT2D eigenvalue weighted by molar-refractivity contribution is -0.274. The zero-order chi connectivity index (χ0) is 21.5. The van der Waals surface area contributed by atoms with Crippen molar-refractivity contribution in [1.82, 2.24) is 10.1 Å². The Morgan fingerprint density at radius 3 is 2.60 bits per heavy atom. The molecule has 1 aliphatic heterocycles. The van der Waals surface area contributed by atoms with E-state index in [1.54, 1.807) is 11.0 Å². The van der Waals surface area contributed by atoms with Crippen molar-refractivity contribution in [2.45, 2.75) is 25.6 Å². The number of carbonyl (C=O) groups is 1. The number of halogens is 4. The number of hydrogen-bond donors (Lipinski definition) is 0. The number of benzene rings is 2. The molecule has 30 heavy (non-hydrogen) atoms. The first-order chi connectivity index (χ1) is 14.2. The molecule has 0 saturated carbocycles. The highest BCUT2D eigenvalue weighted by Crippen LogP contribution is 2.37. The van der Waals surface area contributed by atoms with Gasteiger partial charge in [0.25, 0.3) is 0 Å². The molecule has 1 fully saturated rings. The van der Waals surface area contributed by atoms with E-state index in [2.05, 4.69) is 14.9 Å². The van der Waals surface area contributed by atoms with E-state index in [0.29, 0.717) is 22.8 Å². The van der Waals surface area contributed by atoms with Crippen LogP contribution >= 0.6 is 11.6 Å². The van der Waals surface area contributed by atoms with Gasteiger partial charge in [0, 0.05) is 18.5 Å². The van der Waals surface area contributed by atoms with Crippen molar-refractivity contribution in [2.24, 2.45) is 0 Å². The zero-order valence-electron chi connectivity index (χ0n) is 15.6. The maximum Gasteiger partial charge on any atom is 0.573 e. The van der Waals surface area contributed by atoms with E-state index in [9.17, 15) is 18.0 Å². The van der Waals surface area contributed by atoms with Crippen molar-refractivity contribution in [1.29, 1.82) is 0 Å². The summed E-state index contributed by atoms with van der Waals surface area (Å²) in [7, 11) is 0. The lowest BCUT2D eigenvalue weighted by atomic mass is 10.1. The molecule has 4 rings (SSSR count). The number of carbonyl (C=O) groups excluding carboxylic acids is 1. The molecule has 6 nitrogen and oxygen atoms in total. The molecule has 10 heteroatoms. The van der Waals surface area contributed by atoms with Gasteiger partial charge in [0.05, 0.1) is 16.6 Å². The van der Waals surface area contributed by atoms with Crippen LogP contribution in [0.2, 0.25) is 5.02 Å². The molecule has 1 atom stereocenters. The van der Waals surface area contributed by atoms with Crippen molar-refractivity contribution in [3.63, 3.8) is 0 Å². The van der Waals surface area contributed by atoms with Crippen molar-refractivity contribution in [2.75, 3.05) is 11.4 Å². The predicted molar refractivity (Wildman–Crippen MR) is 102 cm³/mol. The second kappa shape index (κ2) is 7.64. The quantitative estimate of drug-likeness (QED) is 0.567. The monoisotopic (exact) mass is 437 g/mol. The highest BCUT2D eigenvalue weighted by molar-refractivity contribution is 6.34. The molecule has 0 radical (unpaired) electrons. The summed E-state index contributed by atoms with van der Waals surface area (Å²) in [5, 5.41) is 4.37. The van der Waals surface area contributed by atoms with Crippen LogP contribution in [0.5, 0.6) is 5.75 Å². The van der Waals surface area contributed by atoms with Crippen molar-refractivity contribution < 1.29 is 27.2 Å². The Bertz CT molecular complexity index is 1060. The van der Waals surface area contributed by atoms with Crippen LogP contribution < -0.4 is 9.64 Å². The van der Waals surface area contributed by atoms with Gasteiger partial charge >= 0.3 is 6.36 Å². The lowest BCUT2D eigenvalue weighted by Crippen LogP contribution is -2.25. The average Bonchev–Trinajstić information content (AvgIpc) is 3.28. The molecule has 0 spiro atoms. The first-order valence-electron chi connectivity index (χ1n) is 8.96. The number of rotatable bonds is 4. The minimum Gasteiger partial charge on any atom is -0.406 e. The molecule has 1 aromatic heterocycles. The summed E-state index contributed by atoms with van der Waals surface area (Å²) in [6, 6.07) is 10.5. The molecular formula is C20H15ClF3N3O3. The van der Waals surface area contributed by atoms with Crippen LogP contribution in [0.15, 0.2) is 47.0 Å². The number of aryl methyl sites for hydroxylation is 1. The molecule has 0 bridgehead atoms. The molecular weight excluding hydrogens is 423 g/mol. The van der Waals surface area contributed by atoms with Crippen LogP contribution in [0.1, 0.15) is 23.8 Å². The van der Waals surface area contributed by atoms with Gasteiger partial charge < -0.3 is 14.2 Å². The van der Waals surface area contributed by atoms with Gasteiger partial charge in [-0.05, 0) is 42.8 Å².